The molecule has 0 aliphatic rings. The lowest BCUT2D eigenvalue weighted by Gasteiger charge is -2.08. The first-order chi connectivity index (χ1) is 12.9. The van der Waals surface area contributed by atoms with E-state index >= 15 is 0 Å². The Morgan fingerprint density at radius 3 is 2.59 bits per heavy atom. The minimum Gasteiger partial charge on any atom is -0.494 e. The van der Waals surface area contributed by atoms with Crippen molar-refractivity contribution in [3.05, 3.63) is 57.9 Å². The van der Waals surface area contributed by atoms with E-state index in [0.29, 0.717) is 5.56 Å². The Bertz CT molecular complexity index is 872. The van der Waals surface area contributed by atoms with Gasteiger partial charge in [-0.1, -0.05) is 11.2 Å². The lowest BCUT2D eigenvalue weighted by atomic mass is 10.2. The van der Waals surface area contributed by atoms with Gasteiger partial charge in [-0.05, 0) is 23.8 Å². The van der Waals surface area contributed by atoms with E-state index < -0.39 is 16.6 Å². The summed E-state index contributed by atoms with van der Waals surface area (Å²) in [7, 11) is 2.68. The van der Waals surface area contributed by atoms with Crippen molar-refractivity contribution < 1.29 is 28.4 Å². The number of benzene rings is 2. The molecule has 142 valence electrons. The normalized spacial score (nSPS) is 10.5. The summed E-state index contributed by atoms with van der Waals surface area (Å²) in [4.78, 5) is 27.0. The van der Waals surface area contributed by atoms with Gasteiger partial charge in [0.05, 0.1) is 30.9 Å². The van der Waals surface area contributed by atoms with Crippen LogP contribution in [0.5, 0.6) is 11.5 Å². The molecular formula is C17H16FN3O6. The molecule has 0 heterocycles. The van der Waals surface area contributed by atoms with Gasteiger partial charge >= 0.3 is 0 Å². The maximum absolute atomic E-state index is 13.5. The number of nitro groups is 1. The topological polar surface area (TPSA) is 112 Å². The summed E-state index contributed by atoms with van der Waals surface area (Å²) in [6.07, 6.45) is 0.876. The number of hydrogen-bond donors (Lipinski definition) is 1. The Morgan fingerprint density at radius 1 is 1.22 bits per heavy atom. The van der Waals surface area contributed by atoms with Gasteiger partial charge in [-0.3, -0.25) is 14.9 Å². The Balaban J connectivity index is 1.92. The van der Waals surface area contributed by atoms with Gasteiger partial charge in [0.2, 0.25) is 0 Å². The van der Waals surface area contributed by atoms with Crippen LogP contribution in [-0.2, 0) is 16.2 Å². The first-order valence-electron chi connectivity index (χ1n) is 7.55. The van der Waals surface area contributed by atoms with E-state index in [1.807, 2.05) is 0 Å². The van der Waals surface area contributed by atoms with Crippen molar-refractivity contribution in [3.63, 3.8) is 0 Å². The van der Waals surface area contributed by atoms with Gasteiger partial charge in [0.25, 0.3) is 11.6 Å². The number of non-ortho nitro benzene ring substituents is 1. The van der Waals surface area contributed by atoms with E-state index in [2.05, 4.69) is 10.5 Å². The third-order valence-corrected chi connectivity index (χ3v) is 3.35. The monoisotopic (exact) mass is 377 g/mol. The van der Waals surface area contributed by atoms with Crippen LogP contribution in [0.15, 0.2) is 41.6 Å². The van der Waals surface area contributed by atoms with Gasteiger partial charge in [0, 0.05) is 6.07 Å². The molecule has 0 aromatic heterocycles. The lowest BCUT2D eigenvalue weighted by Crippen LogP contribution is -2.13. The highest BCUT2D eigenvalue weighted by molar-refractivity contribution is 6.31. The highest BCUT2D eigenvalue weighted by atomic mass is 19.1. The van der Waals surface area contributed by atoms with Crippen molar-refractivity contribution in [2.24, 2.45) is 5.16 Å². The molecule has 9 nitrogen and oxygen atoms in total. The van der Waals surface area contributed by atoms with Gasteiger partial charge < -0.3 is 19.6 Å². The lowest BCUT2D eigenvalue weighted by molar-refractivity contribution is -0.384. The standard InChI is InChI=1S/C17H16FN3O6/c1-25-15-6-3-11(7-13(15)18)10-27-19-9-17(22)20-14-5-4-12(21(23)24)8-16(14)26-2/h3-9H,10H2,1-2H3,(H,20,22)/b19-9-. The summed E-state index contributed by atoms with van der Waals surface area (Å²) in [5.74, 6) is -0.937. The third kappa shape index (κ3) is 5.39. The van der Waals surface area contributed by atoms with Gasteiger partial charge in [0.15, 0.2) is 11.6 Å². The van der Waals surface area contributed by atoms with E-state index in [4.69, 9.17) is 14.3 Å². The second kappa shape index (κ2) is 9.13. The molecule has 1 amide bonds. The van der Waals surface area contributed by atoms with Crippen LogP contribution in [0.3, 0.4) is 0 Å². The van der Waals surface area contributed by atoms with Crippen molar-refractivity contribution in [3.8, 4) is 11.5 Å². The van der Waals surface area contributed by atoms with Crippen molar-refractivity contribution in [2.45, 2.75) is 6.61 Å². The number of carbonyl (C=O) groups is 1. The van der Waals surface area contributed by atoms with Crippen molar-refractivity contribution in [1.29, 1.82) is 0 Å². The maximum Gasteiger partial charge on any atom is 0.273 e. The Kier molecular flexibility index (Phi) is 6.64. The number of ether oxygens (including phenoxy) is 2. The Labute approximate surface area is 153 Å². The van der Waals surface area contributed by atoms with Crippen molar-refractivity contribution in [1.82, 2.24) is 0 Å². The SMILES string of the molecule is COc1ccc(CO/N=C\C(=O)Nc2ccc([N+](=O)[O-])cc2OC)cc1F. The van der Waals surface area contributed by atoms with Crippen LogP contribution in [0.2, 0.25) is 0 Å². The minimum atomic E-state index is -0.636. The number of rotatable bonds is 8. The zero-order valence-corrected chi connectivity index (χ0v) is 14.5. The van der Waals surface area contributed by atoms with Gasteiger partial charge in [-0.2, -0.15) is 0 Å². The summed E-state index contributed by atoms with van der Waals surface area (Å²) >= 11 is 0. The number of nitrogens with one attached hydrogen (secondary N) is 1. The van der Waals surface area contributed by atoms with Crippen LogP contribution in [0.1, 0.15) is 5.56 Å². The van der Waals surface area contributed by atoms with Crippen molar-refractivity contribution >= 4 is 23.5 Å². The molecule has 0 fully saturated rings. The van der Waals surface area contributed by atoms with Gasteiger partial charge in [-0.15, -0.1) is 0 Å². The van der Waals surface area contributed by atoms with Crippen LogP contribution < -0.4 is 14.8 Å². The van der Waals surface area contributed by atoms with Crippen LogP contribution >= 0.6 is 0 Å². The smallest absolute Gasteiger partial charge is 0.273 e. The molecular weight excluding hydrogens is 361 g/mol. The molecule has 0 saturated carbocycles. The van der Waals surface area contributed by atoms with E-state index in [1.165, 1.54) is 44.6 Å². The van der Waals surface area contributed by atoms with Crippen molar-refractivity contribution in [2.75, 3.05) is 19.5 Å². The van der Waals surface area contributed by atoms with E-state index in [0.717, 1.165) is 6.21 Å². The Morgan fingerprint density at radius 2 is 1.96 bits per heavy atom. The number of halogens is 1. The summed E-state index contributed by atoms with van der Waals surface area (Å²) < 4.78 is 23.4. The van der Waals surface area contributed by atoms with E-state index in [1.54, 1.807) is 6.07 Å². The second-order valence-electron chi connectivity index (χ2n) is 5.11. The van der Waals surface area contributed by atoms with Gasteiger partial charge in [-0.25, -0.2) is 4.39 Å². The number of oxime groups is 1. The number of carbonyl (C=O) groups excluding carboxylic acids is 1. The molecule has 0 unspecified atom stereocenters. The van der Waals surface area contributed by atoms with E-state index in [-0.39, 0.29) is 29.5 Å². The molecule has 0 atom stereocenters. The molecule has 2 aromatic rings. The summed E-state index contributed by atoms with van der Waals surface area (Å²) in [5, 5.41) is 16.7. The average molecular weight is 377 g/mol. The molecule has 0 radical (unpaired) electrons. The summed E-state index contributed by atoms with van der Waals surface area (Å²) in [6, 6.07) is 8.02. The number of nitrogens with zero attached hydrogens (tertiary/aromatic N) is 2. The first kappa shape index (κ1) is 19.6. The number of methoxy groups -OCH3 is 2. The highest BCUT2D eigenvalue weighted by Gasteiger charge is 2.12. The molecule has 0 aliphatic carbocycles. The number of anilines is 1. The van der Waals surface area contributed by atoms with Crippen LogP contribution in [-0.4, -0.2) is 31.3 Å². The largest absolute Gasteiger partial charge is 0.494 e. The number of nitro benzene ring substituents is 1. The zero-order valence-electron chi connectivity index (χ0n) is 14.5. The highest BCUT2D eigenvalue weighted by Crippen LogP contribution is 2.28. The van der Waals surface area contributed by atoms with Crippen LogP contribution in [0.4, 0.5) is 15.8 Å². The number of hydrogen-bond acceptors (Lipinski definition) is 7. The average Bonchev–Trinajstić information content (AvgIpc) is 2.65. The summed E-state index contributed by atoms with van der Waals surface area (Å²) in [5.41, 5.74) is 0.563. The molecule has 0 bridgehead atoms. The third-order valence-electron chi connectivity index (χ3n) is 3.35. The molecule has 2 aromatic carbocycles. The quantitative estimate of drug-likeness (QED) is 0.430. The molecule has 0 aliphatic heterocycles. The predicted molar refractivity (Wildman–Crippen MR) is 94.5 cm³/mol. The fraction of sp³-hybridized carbons (Fsp3) is 0.176. The molecule has 0 spiro atoms. The molecule has 0 saturated heterocycles. The molecule has 1 N–H and O–H groups in total. The zero-order chi connectivity index (χ0) is 19.8. The van der Waals surface area contributed by atoms with Gasteiger partial charge in [0.1, 0.15) is 18.6 Å². The number of amides is 1. The molecule has 2 rings (SSSR count). The molecule has 27 heavy (non-hydrogen) atoms. The molecule has 10 heteroatoms. The fourth-order valence-corrected chi connectivity index (χ4v) is 2.06. The van der Waals surface area contributed by atoms with Crippen LogP contribution in [0, 0.1) is 15.9 Å². The summed E-state index contributed by atoms with van der Waals surface area (Å²) in [6.45, 7) is -0.0501. The fourth-order valence-electron chi connectivity index (χ4n) is 2.06. The second-order valence-corrected chi connectivity index (χ2v) is 5.11. The van der Waals surface area contributed by atoms with Crippen LogP contribution in [0.25, 0.3) is 0 Å². The first-order valence-corrected chi connectivity index (χ1v) is 7.55. The minimum absolute atomic E-state index is 0.0501. The maximum atomic E-state index is 13.5. The Hall–Kier alpha value is -3.69. The predicted octanol–water partition coefficient (Wildman–Crippen LogP) is 2.89. The van der Waals surface area contributed by atoms with E-state index in [9.17, 15) is 19.3 Å².